The van der Waals surface area contributed by atoms with Gasteiger partial charge in [0.05, 0.1) is 0 Å². The van der Waals surface area contributed by atoms with Crippen LogP contribution in [0.25, 0.3) is 0 Å². The third-order valence-corrected chi connectivity index (χ3v) is 4.27. The highest BCUT2D eigenvalue weighted by Crippen LogP contribution is 2.26. The van der Waals surface area contributed by atoms with Crippen molar-refractivity contribution in [3.05, 3.63) is 23.4 Å². The van der Waals surface area contributed by atoms with Crippen LogP contribution in [0, 0.1) is 12.8 Å². The van der Waals surface area contributed by atoms with Crippen LogP contribution < -0.4 is 10.6 Å². The molecular formula is C17H27N3O. The van der Waals surface area contributed by atoms with Gasteiger partial charge in [-0.25, -0.2) is 4.98 Å². The lowest BCUT2D eigenvalue weighted by Gasteiger charge is -2.29. The number of hydrogen-bond donors (Lipinski definition) is 2. The highest BCUT2D eigenvalue weighted by atomic mass is 16.1. The molecule has 1 saturated carbocycles. The molecule has 0 bridgehead atoms. The van der Waals surface area contributed by atoms with Gasteiger partial charge in [-0.15, -0.1) is 0 Å². The predicted molar refractivity (Wildman–Crippen MR) is 86.6 cm³/mol. The molecule has 0 spiro atoms. The van der Waals surface area contributed by atoms with Gasteiger partial charge in [-0.2, -0.15) is 0 Å². The number of nitrogens with one attached hydrogen (secondary N) is 2. The first-order valence-corrected chi connectivity index (χ1v) is 8.15. The standard InChI is InChI=1S/C17H27N3O/c1-4-13-7-6-8-15(10-13)20-17(21)14-9-12(3)19-16(11-14)18-5-2/h9,11,13,15H,4-8,10H2,1-3H3,(H,18,19)(H,20,21). The minimum absolute atomic E-state index is 0.0291. The highest BCUT2D eigenvalue weighted by molar-refractivity contribution is 5.95. The summed E-state index contributed by atoms with van der Waals surface area (Å²) in [5.41, 5.74) is 1.57. The molecule has 0 aromatic carbocycles. The number of hydrogen-bond acceptors (Lipinski definition) is 3. The maximum atomic E-state index is 12.4. The molecule has 1 aliphatic rings. The molecule has 116 valence electrons. The second-order valence-electron chi connectivity index (χ2n) is 6.02. The molecule has 1 heterocycles. The molecule has 2 N–H and O–H groups in total. The van der Waals surface area contributed by atoms with Crippen LogP contribution >= 0.6 is 0 Å². The van der Waals surface area contributed by atoms with Gasteiger partial charge < -0.3 is 10.6 Å². The van der Waals surface area contributed by atoms with Crippen molar-refractivity contribution in [1.29, 1.82) is 0 Å². The first-order chi connectivity index (χ1) is 10.1. The average molecular weight is 289 g/mol. The zero-order valence-electron chi connectivity index (χ0n) is 13.4. The van der Waals surface area contributed by atoms with E-state index in [0.717, 1.165) is 36.8 Å². The molecular weight excluding hydrogens is 262 g/mol. The summed E-state index contributed by atoms with van der Waals surface area (Å²) in [6.45, 7) is 6.99. The SMILES string of the molecule is CCNc1cc(C(=O)NC2CCCC(CC)C2)cc(C)n1. The van der Waals surface area contributed by atoms with Crippen LogP contribution in [0.2, 0.25) is 0 Å². The van der Waals surface area contributed by atoms with Crippen molar-refractivity contribution in [3.8, 4) is 0 Å². The molecule has 4 nitrogen and oxygen atoms in total. The maximum Gasteiger partial charge on any atom is 0.251 e. The highest BCUT2D eigenvalue weighted by Gasteiger charge is 2.22. The third-order valence-electron chi connectivity index (χ3n) is 4.27. The Morgan fingerprint density at radius 3 is 2.86 bits per heavy atom. The van der Waals surface area contributed by atoms with E-state index >= 15 is 0 Å². The van der Waals surface area contributed by atoms with E-state index in [1.807, 2.05) is 26.0 Å². The Bertz CT molecular complexity index is 487. The second-order valence-corrected chi connectivity index (χ2v) is 6.02. The fraction of sp³-hybridized carbons (Fsp3) is 0.647. The summed E-state index contributed by atoms with van der Waals surface area (Å²) in [6, 6.07) is 4.02. The number of rotatable bonds is 5. The van der Waals surface area contributed by atoms with Gasteiger partial charge in [-0.05, 0) is 44.7 Å². The quantitative estimate of drug-likeness (QED) is 0.872. The summed E-state index contributed by atoms with van der Waals surface area (Å²) in [5.74, 6) is 1.57. The molecule has 21 heavy (non-hydrogen) atoms. The van der Waals surface area contributed by atoms with E-state index in [-0.39, 0.29) is 5.91 Å². The lowest BCUT2D eigenvalue weighted by molar-refractivity contribution is 0.0919. The van der Waals surface area contributed by atoms with E-state index in [4.69, 9.17) is 0 Å². The van der Waals surface area contributed by atoms with Crippen molar-refractivity contribution >= 4 is 11.7 Å². The minimum atomic E-state index is 0.0291. The smallest absolute Gasteiger partial charge is 0.251 e. The number of aryl methyl sites for hydroxylation is 1. The van der Waals surface area contributed by atoms with Gasteiger partial charge in [-0.3, -0.25) is 4.79 Å². The molecule has 0 saturated heterocycles. The average Bonchev–Trinajstić information content (AvgIpc) is 2.47. The van der Waals surface area contributed by atoms with E-state index in [9.17, 15) is 4.79 Å². The van der Waals surface area contributed by atoms with Crippen molar-refractivity contribution in [3.63, 3.8) is 0 Å². The van der Waals surface area contributed by atoms with Crippen molar-refractivity contribution in [1.82, 2.24) is 10.3 Å². The summed E-state index contributed by atoms with van der Waals surface area (Å²) < 4.78 is 0. The van der Waals surface area contributed by atoms with Crippen LogP contribution in [-0.2, 0) is 0 Å². The summed E-state index contributed by atoms with van der Waals surface area (Å²) in [5, 5.41) is 6.37. The fourth-order valence-electron chi connectivity index (χ4n) is 3.13. The second kappa shape index (κ2) is 7.43. The van der Waals surface area contributed by atoms with Gasteiger partial charge in [0, 0.05) is 23.8 Å². The summed E-state index contributed by atoms with van der Waals surface area (Å²) in [7, 11) is 0. The van der Waals surface area contributed by atoms with E-state index in [2.05, 4.69) is 22.5 Å². The Kier molecular flexibility index (Phi) is 5.59. The van der Waals surface area contributed by atoms with Gasteiger partial charge in [0.15, 0.2) is 0 Å². The number of amides is 1. The van der Waals surface area contributed by atoms with Crippen LogP contribution in [0.1, 0.15) is 62.0 Å². The first-order valence-electron chi connectivity index (χ1n) is 8.15. The van der Waals surface area contributed by atoms with Crippen molar-refractivity contribution in [2.24, 2.45) is 5.92 Å². The predicted octanol–water partition coefficient (Wildman–Crippen LogP) is 3.52. The lowest BCUT2D eigenvalue weighted by atomic mass is 9.84. The van der Waals surface area contributed by atoms with Crippen LogP contribution in [-0.4, -0.2) is 23.5 Å². The Hall–Kier alpha value is -1.58. The zero-order valence-corrected chi connectivity index (χ0v) is 13.4. The number of nitrogens with zero attached hydrogens (tertiary/aromatic N) is 1. The summed E-state index contributed by atoms with van der Waals surface area (Å²) in [4.78, 5) is 16.8. The summed E-state index contributed by atoms with van der Waals surface area (Å²) >= 11 is 0. The Balaban J connectivity index is 2.02. The van der Waals surface area contributed by atoms with Gasteiger partial charge in [-0.1, -0.05) is 26.2 Å². The zero-order chi connectivity index (χ0) is 15.2. The van der Waals surface area contributed by atoms with Gasteiger partial charge in [0.25, 0.3) is 5.91 Å². The molecule has 1 aromatic heterocycles. The largest absolute Gasteiger partial charge is 0.370 e. The maximum absolute atomic E-state index is 12.4. The fourth-order valence-corrected chi connectivity index (χ4v) is 3.13. The van der Waals surface area contributed by atoms with Gasteiger partial charge in [0.1, 0.15) is 5.82 Å². The minimum Gasteiger partial charge on any atom is -0.370 e. The molecule has 2 atom stereocenters. The number of anilines is 1. The molecule has 2 unspecified atom stereocenters. The monoisotopic (exact) mass is 289 g/mol. The third kappa shape index (κ3) is 4.45. The molecule has 1 aromatic rings. The molecule has 1 amide bonds. The van der Waals surface area contributed by atoms with Crippen LogP contribution in [0.5, 0.6) is 0 Å². The van der Waals surface area contributed by atoms with Crippen LogP contribution in [0.3, 0.4) is 0 Å². The Labute approximate surface area is 127 Å². The van der Waals surface area contributed by atoms with E-state index in [1.54, 1.807) is 0 Å². The van der Waals surface area contributed by atoms with E-state index < -0.39 is 0 Å². The topological polar surface area (TPSA) is 54.0 Å². The van der Waals surface area contributed by atoms with Crippen molar-refractivity contribution in [2.75, 3.05) is 11.9 Å². The number of carbonyl (C=O) groups is 1. The number of pyridine rings is 1. The van der Waals surface area contributed by atoms with Crippen LogP contribution in [0.15, 0.2) is 12.1 Å². The molecule has 1 fully saturated rings. The number of aromatic nitrogens is 1. The Morgan fingerprint density at radius 1 is 1.33 bits per heavy atom. The van der Waals surface area contributed by atoms with E-state index in [1.165, 1.54) is 19.3 Å². The van der Waals surface area contributed by atoms with Crippen LogP contribution in [0.4, 0.5) is 5.82 Å². The molecule has 0 radical (unpaired) electrons. The van der Waals surface area contributed by atoms with Gasteiger partial charge >= 0.3 is 0 Å². The Morgan fingerprint density at radius 2 is 2.14 bits per heavy atom. The molecule has 2 rings (SSSR count). The van der Waals surface area contributed by atoms with Crippen molar-refractivity contribution < 1.29 is 4.79 Å². The summed E-state index contributed by atoms with van der Waals surface area (Å²) in [6.07, 6.45) is 5.97. The van der Waals surface area contributed by atoms with E-state index in [0.29, 0.717) is 11.6 Å². The van der Waals surface area contributed by atoms with Gasteiger partial charge in [0.2, 0.25) is 0 Å². The first kappa shape index (κ1) is 15.8. The lowest BCUT2D eigenvalue weighted by Crippen LogP contribution is -2.38. The molecule has 4 heteroatoms. The number of carbonyl (C=O) groups excluding carboxylic acids is 1. The molecule has 0 aliphatic heterocycles. The molecule has 1 aliphatic carbocycles. The van der Waals surface area contributed by atoms with Crippen molar-refractivity contribution in [2.45, 2.75) is 58.9 Å². The normalized spacial score (nSPS) is 21.9.